The van der Waals surface area contributed by atoms with Crippen molar-refractivity contribution in [2.24, 2.45) is 0 Å². The number of H-pyrrole nitrogens is 1. The highest BCUT2D eigenvalue weighted by Gasteiger charge is 2.36. The third kappa shape index (κ3) is 2.18. The molecule has 1 amide bonds. The Labute approximate surface area is 114 Å². The molecule has 1 aromatic carbocycles. The highest BCUT2D eigenvalue weighted by molar-refractivity contribution is 5.89. The molecule has 7 heteroatoms. The van der Waals surface area contributed by atoms with Gasteiger partial charge in [0, 0.05) is 5.69 Å². The number of rotatable bonds is 3. The molecule has 0 saturated carbocycles. The van der Waals surface area contributed by atoms with Gasteiger partial charge in [0.15, 0.2) is 6.10 Å². The number of aromatic amines is 1. The molecule has 1 aliphatic heterocycles. The highest BCUT2D eigenvalue weighted by Crippen LogP contribution is 2.28. The number of carbonyl (C=O) groups excluding carboxylic acids is 1. The van der Waals surface area contributed by atoms with E-state index in [1.54, 1.807) is 0 Å². The summed E-state index contributed by atoms with van der Waals surface area (Å²) in [5.74, 6) is -0.585. The van der Waals surface area contributed by atoms with Crippen molar-refractivity contribution in [3.05, 3.63) is 46.3 Å². The van der Waals surface area contributed by atoms with E-state index in [4.69, 9.17) is 9.15 Å². The second-order valence-corrected chi connectivity index (χ2v) is 4.45. The summed E-state index contributed by atoms with van der Waals surface area (Å²) in [5.41, 5.74) is 1.93. The van der Waals surface area contributed by atoms with E-state index in [1.165, 1.54) is 10.5 Å². The Hall–Kier alpha value is -2.57. The molecule has 1 N–H and O–H groups in total. The highest BCUT2D eigenvalue weighted by atomic mass is 16.6. The number of carbonyl (C=O) groups is 1. The van der Waals surface area contributed by atoms with Gasteiger partial charge in [0.2, 0.25) is 0 Å². The van der Waals surface area contributed by atoms with Crippen LogP contribution in [0.2, 0.25) is 0 Å². The summed E-state index contributed by atoms with van der Waals surface area (Å²) in [4.78, 5) is 24.3. The molecule has 1 aliphatic rings. The number of nitrogens with one attached hydrogen (secondary N) is 1. The lowest BCUT2D eigenvalue weighted by Crippen LogP contribution is -2.23. The van der Waals surface area contributed by atoms with E-state index >= 15 is 0 Å². The molecule has 1 unspecified atom stereocenters. The maximum atomic E-state index is 11.9. The molecular weight excluding hydrogens is 262 g/mol. The first-order valence-electron chi connectivity index (χ1n) is 6.30. The van der Waals surface area contributed by atoms with E-state index in [0.717, 1.165) is 12.1 Å². The van der Waals surface area contributed by atoms with Gasteiger partial charge in [-0.05, 0) is 24.1 Å². The van der Waals surface area contributed by atoms with Gasteiger partial charge in [-0.2, -0.15) is 0 Å². The van der Waals surface area contributed by atoms with Crippen LogP contribution in [0.4, 0.5) is 10.5 Å². The zero-order valence-corrected chi connectivity index (χ0v) is 10.8. The average molecular weight is 275 g/mol. The van der Waals surface area contributed by atoms with E-state index in [9.17, 15) is 9.59 Å². The lowest BCUT2D eigenvalue weighted by atomic mass is 10.1. The number of anilines is 1. The Bertz CT molecular complexity index is 673. The largest absolute Gasteiger partial charge is 0.434 e. The third-order valence-electron chi connectivity index (χ3n) is 3.20. The zero-order valence-electron chi connectivity index (χ0n) is 10.8. The van der Waals surface area contributed by atoms with Crippen molar-refractivity contribution in [1.29, 1.82) is 0 Å². The predicted molar refractivity (Wildman–Crippen MR) is 69.5 cm³/mol. The number of aryl methyl sites for hydroxylation is 1. The van der Waals surface area contributed by atoms with Crippen molar-refractivity contribution in [2.75, 3.05) is 11.4 Å². The molecule has 0 spiro atoms. The van der Waals surface area contributed by atoms with Gasteiger partial charge in [-0.25, -0.2) is 14.7 Å². The molecule has 1 fully saturated rings. The molecule has 20 heavy (non-hydrogen) atoms. The van der Waals surface area contributed by atoms with Gasteiger partial charge in [0.1, 0.15) is 0 Å². The number of nitrogens with zero attached hydrogens (tertiary/aromatic N) is 2. The fourth-order valence-electron chi connectivity index (χ4n) is 2.09. The number of ether oxygens (including phenoxy) is 1. The van der Waals surface area contributed by atoms with Crippen LogP contribution in [0.1, 0.15) is 24.5 Å². The molecule has 0 bridgehead atoms. The first kappa shape index (κ1) is 12.5. The maximum Gasteiger partial charge on any atom is 0.434 e. The Morgan fingerprint density at radius 3 is 2.70 bits per heavy atom. The van der Waals surface area contributed by atoms with Gasteiger partial charge in [-0.1, -0.05) is 19.1 Å². The molecule has 7 nitrogen and oxygen atoms in total. The summed E-state index contributed by atoms with van der Waals surface area (Å²) in [6.07, 6.45) is -0.219. The smallest absolute Gasteiger partial charge is 0.434 e. The SMILES string of the molecule is CCc1ccc(N2CC(c3n[nH]c(=O)o3)OC2=O)cc1. The van der Waals surface area contributed by atoms with Gasteiger partial charge >= 0.3 is 11.8 Å². The normalized spacial score (nSPS) is 18.4. The fourth-order valence-corrected chi connectivity index (χ4v) is 2.09. The number of cyclic esters (lactones) is 1. The van der Waals surface area contributed by atoms with Crippen molar-refractivity contribution in [3.63, 3.8) is 0 Å². The Kier molecular flexibility index (Phi) is 3.02. The van der Waals surface area contributed by atoms with Crippen LogP contribution in [0.3, 0.4) is 0 Å². The molecule has 1 atom stereocenters. The van der Waals surface area contributed by atoms with Crippen LogP contribution in [-0.2, 0) is 11.2 Å². The Morgan fingerprint density at radius 2 is 2.10 bits per heavy atom. The fraction of sp³-hybridized carbons (Fsp3) is 0.308. The van der Waals surface area contributed by atoms with E-state index in [0.29, 0.717) is 0 Å². The second-order valence-electron chi connectivity index (χ2n) is 4.45. The summed E-state index contributed by atoms with van der Waals surface area (Å²) >= 11 is 0. The van der Waals surface area contributed by atoms with Crippen molar-refractivity contribution in [3.8, 4) is 0 Å². The van der Waals surface area contributed by atoms with Crippen LogP contribution in [-0.4, -0.2) is 22.8 Å². The molecule has 0 radical (unpaired) electrons. The number of benzene rings is 1. The van der Waals surface area contributed by atoms with Crippen molar-refractivity contribution < 1.29 is 13.9 Å². The zero-order chi connectivity index (χ0) is 14.1. The van der Waals surface area contributed by atoms with E-state index < -0.39 is 18.0 Å². The van der Waals surface area contributed by atoms with Gasteiger partial charge in [0.05, 0.1) is 6.54 Å². The lowest BCUT2D eigenvalue weighted by Gasteiger charge is -2.12. The summed E-state index contributed by atoms with van der Waals surface area (Å²) in [6, 6.07) is 7.65. The molecule has 1 aromatic heterocycles. The topological polar surface area (TPSA) is 88.4 Å². The number of amides is 1. The average Bonchev–Trinajstić information content (AvgIpc) is 3.05. The molecule has 3 rings (SSSR count). The molecule has 2 heterocycles. The first-order valence-corrected chi connectivity index (χ1v) is 6.30. The Morgan fingerprint density at radius 1 is 1.35 bits per heavy atom. The molecule has 0 aliphatic carbocycles. The van der Waals surface area contributed by atoms with Gasteiger partial charge in [-0.3, -0.25) is 4.90 Å². The minimum absolute atomic E-state index is 0.0797. The minimum atomic E-state index is -0.674. The van der Waals surface area contributed by atoms with Gasteiger partial charge in [0.25, 0.3) is 5.89 Å². The summed E-state index contributed by atoms with van der Waals surface area (Å²) in [7, 11) is 0. The second kappa shape index (κ2) is 4.84. The molecule has 2 aromatic rings. The lowest BCUT2D eigenvalue weighted by molar-refractivity contribution is 0.125. The summed E-state index contributed by atoms with van der Waals surface area (Å²) in [6.45, 7) is 2.33. The quantitative estimate of drug-likeness (QED) is 0.919. The van der Waals surface area contributed by atoms with Gasteiger partial charge < -0.3 is 9.15 Å². The van der Waals surface area contributed by atoms with Crippen LogP contribution in [0.25, 0.3) is 0 Å². The van der Waals surface area contributed by atoms with E-state index in [2.05, 4.69) is 17.1 Å². The first-order chi connectivity index (χ1) is 9.67. The Balaban J connectivity index is 1.81. The third-order valence-corrected chi connectivity index (χ3v) is 3.20. The number of hydrogen-bond acceptors (Lipinski definition) is 5. The van der Waals surface area contributed by atoms with Crippen LogP contribution >= 0.6 is 0 Å². The van der Waals surface area contributed by atoms with Crippen molar-refractivity contribution >= 4 is 11.8 Å². The monoisotopic (exact) mass is 275 g/mol. The molecule has 1 saturated heterocycles. The molecular formula is C13H13N3O4. The predicted octanol–water partition coefficient (Wildman–Crippen LogP) is 1.62. The van der Waals surface area contributed by atoms with Crippen LogP contribution in [0.15, 0.2) is 33.5 Å². The van der Waals surface area contributed by atoms with Crippen LogP contribution < -0.4 is 10.7 Å². The van der Waals surface area contributed by atoms with Crippen molar-refractivity contribution in [2.45, 2.75) is 19.4 Å². The van der Waals surface area contributed by atoms with E-state index in [1.807, 2.05) is 24.3 Å². The molecule has 104 valence electrons. The standard InChI is InChI=1S/C13H13N3O4/c1-2-8-3-5-9(6-4-8)16-7-10(19-13(16)18)11-14-15-12(17)20-11/h3-6,10H,2,7H2,1H3,(H,15,17). The van der Waals surface area contributed by atoms with E-state index in [-0.39, 0.29) is 12.4 Å². The summed E-state index contributed by atoms with van der Waals surface area (Å²) < 4.78 is 9.97. The maximum absolute atomic E-state index is 11.9. The van der Waals surface area contributed by atoms with Crippen molar-refractivity contribution in [1.82, 2.24) is 10.2 Å². The van der Waals surface area contributed by atoms with Crippen LogP contribution in [0, 0.1) is 0 Å². The number of aromatic nitrogens is 2. The minimum Gasteiger partial charge on any atom is -0.434 e. The van der Waals surface area contributed by atoms with Gasteiger partial charge in [-0.15, -0.1) is 5.10 Å². The summed E-state index contributed by atoms with van der Waals surface area (Å²) in [5, 5.41) is 5.83. The van der Waals surface area contributed by atoms with Crippen LogP contribution in [0.5, 0.6) is 0 Å². The number of hydrogen-bond donors (Lipinski definition) is 1.